The second kappa shape index (κ2) is 10.4. The Hall–Kier alpha value is -0.590. The van der Waals surface area contributed by atoms with Crippen LogP contribution in [-0.2, 0) is 10.0 Å². The van der Waals surface area contributed by atoms with E-state index in [1.54, 1.807) is 18.4 Å². The first-order chi connectivity index (χ1) is 11.0. The fourth-order valence-electron chi connectivity index (χ4n) is 2.47. The van der Waals surface area contributed by atoms with E-state index in [2.05, 4.69) is 42.3 Å². The molecule has 0 unspecified atom stereocenters. The van der Waals surface area contributed by atoms with Gasteiger partial charge in [0.05, 0.1) is 11.3 Å². The molecule has 2 N–H and O–H groups in total. The quantitative estimate of drug-likeness (QED) is 0.271. The van der Waals surface area contributed by atoms with Crippen molar-refractivity contribution in [3.8, 4) is 0 Å². The number of halogens is 1. The van der Waals surface area contributed by atoms with Crippen molar-refractivity contribution in [2.24, 2.45) is 4.99 Å². The molecule has 1 aliphatic rings. The molecule has 24 heavy (non-hydrogen) atoms. The van der Waals surface area contributed by atoms with Crippen LogP contribution in [0.15, 0.2) is 22.5 Å². The number of hydrogen-bond donors (Lipinski definition) is 2. The predicted octanol–water partition coefficient (Wildman–Crippen LogP) is 1.00. The second-order valence-corrected chi connectivity index (χ2v) is 8.18. The molecule has 0 spiro atoms. The molecular formula is C14H26IN5O2S2. The van der Waals surface area contributed by atoms with Crippen molar-refractivity contribution >= 4 is 56.3 Å². The molecule has 1 aromatic heterocycles. The van der Waals surface area contributed by atoms with Crippen molar-refractivity contribution in [1.82, 2.24) is 14.9 Å². The first-order valence-electron chi connectivity index (χ1n) is 7.68. The van der Waals surface area contributed by atoms with Gasteiger partial charge in [-0.1, -0.05) is 0 Å². The standard InChI is InChI=1S/C14H25N5O2S2.HI/c1-15-14(16-6-4-7-17-23(2,20)21)19-10-8-18(9-11-19)13-5-3-12-22-13;/h3,5,12,17H,4,6-11H2,1-2H3,(H,15,16);1H. The van der Waals surface area contributed by atoms with Crippen LogP contribution < -0.4 is 14.9 Å². The average molecular weight is 487 g/mol. The maximum Gasteiger partial charge on any atom is 0.208 e. The molecule has 1 aromatic rings. The number of rotatable bonds is 6. The average Bonchev–Trinajstić information content (AvgIpc) is 3.04. The largest absolute Gasteiger partial charge is 0.360 e. The minimum absolute atomic E-state index is 0. The van der Waals surface area contributed by atoms with Gasteiger partial charge in [-0.05, 0) is 23.9 Å². The predicted molar refractivity (Wildman–Crippen MR) is 112 cm³/mol. The van der Waals surface area contributed by atoms with E-state index >= 15 is 0 Å². The van der Waals surface area contributed by atoms with Crippen molar-refractivity contribution in [1.29, 1.82) is 0 Å². The van der Waals surface area contributed by atoms with Crippen LogP contribution in [0.5, 0.6) is 0 Å². The summed E-state index contributed by atoms with van der Waals surface area (Å²) in [6, 6.07) is 4.24. The molecule has 138 valence electrons. The molecule has 2 rings (SSSR count). The van der Waals surface area contributed by atoms with Crippen molar-refractivity contribution in [3.63, 3.8) is 0 Å². The molecule has 0 aliphatic carbocycles. The molecule has 0 saturated carbocycles. The summed E-state index contributed by atoms with van der Waals surface area (Å²) in [5, 5.41) is 6.72. The fraction of sp³-hybridized carbons (Fsp3) is 0.643. The van der Waals surface area contributed by atoms with Gasteiger partial charge >= 0.3 is 0 Å². The molecule has 10 heteroatoms. The lowest BCUT2D eigenvalue weighted by molar-refractivity contribution is 0.373. The highest BCUT2D eigenvalue weighted by molar-refractivity contribution is 14.0. The number of thiophene rings is 1. The minimum atomic E-state index is -3.10. The molecular weight excluding hydrogens is 461 g/mol. The highest BCUT2D eigenvalue weighted by atomic mass is 127. The number of anilines is 1. The summed E-state index contributed by atoms with van der Waals surface area (Å²) in [5.74, 6) is 0.884. The first-order valence-corrected chi connectivity index (χ1v) is 10.5. The molecule has 1 fully saturated rings. The number of nitrogens with zero attached hydrogens (tertiary/aromatic N) is 3. The Bertz CT molecular complexity index is 599. The van der Waals surface area contributed by atoms with Crippen LogP contribution in [0.3, 0.4) is 0 Å². The van der Waals surface area contributed by atoms with Gasteiger partial charge in [-0.2, -0.15) is 0 Å². The number of aliphatic imine (C=N–C) groups is 1. The van der Waals surface area contributed by atoms with E-state index in [0.717, 1.165) is 38.6 Å². The second-order valence-electron chi connectivity index (χ2n) is 5.42. The normalized spacial score (nSPS) is 16.0. The third kappa shape index (κ3) is 7.11. The van der Waals surface area contributed by atoms with E-state index < -0.39 is 10.0 Å². The number of hydrogen-bond acceptors (Lipinski definition) is 5. The Morgan fingerprint density at radius 2 is 2.00 bits per heavy atom. The lowest BCUT2D eigenvalue weighted by atomic mass is 10.3. The van der Waals surface area contributed by atoms with E-state index in [4.69, 9.17) is 0 Å². The highest BCUT2D eigenvalue weighted by Gasteiger charge is 2.19. The first kappa shape index (κ1) is 21.5. The maximum atomic E-state index is 11.0. The zero-order valence-electron chi connectivity index (χ0n) is 14.1. The Morgan fingerprint density at radius 3 is 2.54 bits per heavy atom. The summed E-state index contributed by atoms with van der Waals surface area (Å²) < 4.78 is 24.5. The molecule has 0 bridgehead atoms. The lowest BCUT2D eigenvalue weighted by Gasteiger charge is -2.37. The van der Waals surface area contributed by atoms with Crippen molar-refractivity contribution in [2.45, 2.75) is 6.42 Å². The molecule has 0 radical (unpaired) electrons. The lowest BCUT2D eigenvalue weighted by Crippen LogP contribution is -2.52. The van der Waals surface area contributed by atoms with Crippen LogP contribution in [0, 0.1) is 0 Å². The molecule has 0 amide bonds. The number of sulfonamides is 1. The Kier molecular flexibility index (Phi) is 9.31. The summed E-state index contributed by atoms with van der Waals surface area (Å²) in [7, 11) is -1.32. The SMILES string of the molecule is CN=C(NCCCNS(C)(=O)=O)N1CCN(c2cccs2)CC1.I. The smallest absolute Gasteiger partial charge is 0.208 e. The number of piperazine rings is 1. The minimum Gasteiger partial charge on any atom is -0.360 e. The Balaban J connectivity index is 0.00000288. The van der Waals surface area contributed by atoms with Crippen LogP contribution in [0.4, 0.5) is 5.00 Å². The fourth-order valence-corrected chi connectivity index (χ4v) is 3.77. The van der Waals surface area contributed by atoms with Crippen molar-refractivity contribution in [2.75, 3.05) is 57.5 Å². The van der Waals surface area contributed by atoms with E-state index in [1.807, 2.05) is 0 Å². The van der Waals surface area contributed by atoms with Crippen LogP contribution in [0.25, 0.3) is 0 Å². The van der Waals surface area contributed by atoms with Gasteiger partial charge in [0.2, 0.25) is 10.0 Å². The number of nitrogens with one attached hydrogen (secondary N) is 2. The summed E-state index contributed by atoms with van der Waals surface area (Å²) in [6.45, 7) is 4.96. The van der Waals surface area contributed by atoms with E-state index in [1.165, 1.54) is 11.3 Å². The zero-order chi connectivity index (χ0) is 16.7. The highest BCUT2D eigenvalue weighted by Crippen LogP contribution is 2.22. The molecule has 7 nitrogen and oxygen atoms in total. The third-order valence-electron chi connectivity index (χ3n) is 3.61. The van der Waals surface area contributed by atoms with E-state index in [0.29, 0.717) is 13.1 Å². The topological polar surface area (TPSA) is 77.0 Å². The maximum absolute atomic E-state index is 11.0. The van der Waals surface area contributed by atoms with E-state index in [9.17, 15) is 8.42 Å². The number of guanidine groups is 1. The van der Waals surface area contributed by atoms with Gasteiger partial charge in [0.25, 0.3) is 0 Å². The van der Waals surface area contributed by atoms with Crippen LogP contribution in [0.2, 0.25) is 0 Å². The van der Waals surface area contributed by atoms with Crippen LogP contribution >= 0.6 is 35.3 Å². The van der Waals surface area contributed by atoms with Gasteiger partial charge < -0.3 is 15.1 Å². The zero-order valence-corrected chi connectivity index (χ0v) is 18.0. The monoisotopic (exact) mass is 487 g/mol. The van der Waals surface area contributed by atoms with E-state index in [-0.39, 0.29) is 24.0 Å². The molecule has 1 saturated heterocycles. The van der Waals surface area contributed by atoms with Gasteiger partial charge in [0, 0.05) is 46.3 Å². The third-order valence-corrected chi connectivity index (χ3v) is 5.27. The molecule has 2 heterocycles. The van der Waals surface area contributed by atoms with Gasteiger partial charge in [0.15, 0.2) is 5.96 Å². The molecule has 0 aromatic carbocycles. The Labute approximate surface area is 165 Å². The van der Waals surface area contributed by atoms with Crippen LogP contribution in [-0.4, -0.2) is 71.8 Å². The Morgan fingerprint density at radius 1 is 1.29 bits per heavy atom. The summed E-state index contributed by atoms with van der Waals surface area (Å²) in [5.41, 5.74) is 0. The summed E-state index contributed by atoms with van der Waals surface area (Å²) in [4.78, 5) is 8.96. The van der Waals surface area contributed by atoms with Gasteiger partial charge in [-0.3, -0.25) is 4.99 Å². The van der Waals surface area contributed by atoms with Crippen LogP contribution in [0.1, 0.15) is 6.42 Å². The van der Waals surface area contributed by atoms with Crippen molar-refractivity contribution in [3.05, 3.63) is 17.5 Å². The molecule has 1 aliphatic heterocycles. The summed E-state index contributed by atoms with van der Waals surface area (Å²) in [6.07, 6.45) is 1.90. The van der Waals surface area contributed by atoms with Gasteiger partial charge in [-0.25, -0.2) is 13.1 Å². The molecule has 0 atom stereocenters. The summed E-state index contributed by atoms with van der Waals surface area (Å²) >= 11 is 1.77. The van der Waals surface area contributed by atoms with Gasteiger partial charge in [-0.15, -0.1) is 35.3 Å². The van der Waals surface area contributed by atoms with Gasteiger partial charge in [0.1, 0.15) is 0 Å². The van der Waals surface area contributed by atoms with Crippen molar-refractivity contribution < 1.29 is 8.42 Å².